The van der Waals surface area contributed by atoms with Crippen LogP contribution in [0.5, 0.6) is 0 Å². The molecule has 5 nitrogen and oxygen atoms in total. The highest BCUT2D eigenvalue weighted by atomic mass is 16.2. The number of carbonyl (C=O) groups excluding carboxylic acids is 2. The molecule has 0 unspecified atom stereocenters. The summed E-state index contributed by atoms with van der Waals surface area (Å²) < 4.78 is 0. The van der Waals surface area contributed by atoms with Crippen LogP contribution in [0, 0.1) is 0 Å². The molecule has 2 heterocycles. The highest BCUT2D eigenvalue weighted by molar-refractivity contribution is 5.77. The molecule has 2 fully saturated rings. The summed E-state index contributed by atoms with van der Waals surface area (Å²) in [6.07, 6.45) is 1.81. The zero-order valence-electron chi connectivity index (χ0n) is 11.1. The number of likely N-dealkylation sites (tertiary alicyclic amines) is 1. The van der Waals surface area contributed by atoms with E-state index in [0.717, 1.165) is 45.6 Å². The van der Waals surface area contributed by atoms with E-state index in [1.807, 2.05) is 11.9 Å². The third-order valence-electron chi connectivity index (χ3n) is 3.26. The van der Waals surface area contributed by atoms with E-state index in [1.54, 1.807) is 11.8 Å². The Morgan fingerprint density at radius 2 is 1.65 bits per heavy atom. The Morgan fingerprint density at radius 1 is 1.06 bits per heavy atom. The molecule has 0 aromatic rings. The van der Waals surface area contributed by atoms with Crippen molar-refractivity contribution >= 4 is 11.8 Å². The van der Waals surface area contributed by atoms with Crippen LogP contribution in [-0.2, 0) is 9.59 Å². The molecule has 98 valence electrons. The van der Waals surface area contributed by atoms with Gasteiger partial charge in [-0.2, -0.15) is 0 Å². The van der Waals surface area contributed by atoms with Crippen molar-refractivity contribution < 1.29 is 9.59 Å². The summed E-state index contributed by atoms with van der Waals surface area (Å²) in [5.74, 6) is 0.494. The minimum Gasteiger partial charge on any atom is -0.346 e. The van der Waals surface area contributed by atoms with Crippen molar-refractivity contribution in [3.63, 3.8) is 0 Å². The SMILES string of the molecule is CC(=O)N1CCN(C)CC1.CN1CCCC1=O. The van der Waals surface area contributed by atoms with E-state index < -0.39 is 0 Å². The topological polar surface area (TPSA) is 43.9 Å². The number of rotatable bonds is 0. The number of piperazine rings is 1. The smallest absolute Gasteiger partial charge is 0.222 e. The monoisotopic (exact) mass is 241 g/mol. The van der Waals surface area contributed by atoms with Gasteiger partial charge >= 0.3 is 0 Å². The fourth-order valence-electron chi connectivity index (χ4n) is 1.90. The molecule has 0 aliphatic carbocycles. The lowest BCUT2D eigenvalue weighted by atomic mass is 10.3. The number of nitrogens with zero attached hydrogens (tertiary/aromatic N) is 3. The second-order valence-corrected chi connectivity index (χ2v) is 4.73. The molecule has 0 N–H and O–H groups in total. The lowest BCUT2D eigenvalue weighted by molar-refractivity contribution is -0.130. The standard InChI is InChI=1S/C7H14N2O.C5H9NO/c1-7(10)9-5-3-8(2)4-6-9;1-6-4-2-3-5(6)7/h3-6H2,1-2H3;2-4H2,1H3. The Labute approximate surface area is 103 Å². The third-order valence-corrected chi connectivity index (χ3v) is 3.26. The molecular formula is C12H23N3O2. The van der Waals surface area contributed by atoms with Crippen molar-refractivity contribution in [2.45, 2.75) is 19.8 Å². The molecule has 2 rings (SSSR count). The van der Waals surface area contributed by atoms with Crippen LogP contribution in [0.1, 0.15) is 19.8 Å². The summed E-state index contributed by atoms with van der Waals surface area (Å²) in [7, 11) is 3.92. The molecule has 2 amide bonds. The fourth-order valence-corrected chi connectivity index (χ4v) is 1.90. The maximum Gasteiger partial charge on any atom is 0.222 e. The van der Waals surface area contributed by atoms with E-state index in [1.165, 1.54) is 0 Å². The highest BCUT2D eigenvalue weighted by Gasteiger charge is 2.15. The molecule has 0 aromatic heterocycles. The van der Waals surface area contributed by atoms with Crippen LogP contribution in [0.3, 0.4) is 0 Å². The van der Waals surface area contributed by atoms with Gasteiger partial charge in [0.15, 0.2) is 0 Å². The van der Waals surface area contributed by atoms with Crippen LogP contribution in [0.2, 0.25) is 0 Å². The quantitative estimate of drug-likeness (QED) is 0.600. The first kappa shape index (κ1) is 14.0. The number of hydrogen-bond donors (Lipinski definition) is 0. The average Bonchev–Trinajstić information content (AvgIpc) is 2.65. The first-order valence-electron chi connectivity index (χ1n) is 6.18. The first-order chi connectivity index (χ1) is 8.00. The van der Waals surface area contributed by atoms with Gasteiger partial charge < -0.3 is 14.7 Å². The number of amides is 2. The van der Waals surface area contributed by atoms with Crippen LogP contribution in [0.15, 0.2) is 0 Å². The van der Waals surface area contributed by atoms with Crippen LogP contribution >= 0.6 is 0 Å². The van der Waals surface area contributed by atoms with Crippen molar-refractivity contribution in [3.05, 3.63) is 0 Å². The Bertz CT molecular complexity index is 273. The van der Waals surface area contributed by atoms with Gasteiger partial charge in [-0.1, -0.05) is 0 Å². The van der Waals surface area contributed by atoms with Gasteiger partial charge in [0.1, 0.15) is 0 Å². The lowest BCUT2D eigenvalue weighted by Gasteiger charge is -2.31. The van der Waals surface area contributed by atoms with Crippen LogP contribution in [0.4, 0.5) is 0 Å². The Balaban J connectivity index is 0.000000181. The van der Waals surface area contributed by atoms with E-state index in [-0.39, 0.29) is 5.91 Å². The summed E-state index contributed by atoms with van der Waals surface area (Å²) in [6.45, 7) is 6.40. The van der Waals surface area contributed by atoms with Gasteiger partial charge in [-0.05, 0) is 13.5 Å². The van der Waals surface area contributed by atoms with Crippen LogP contribution in [-0.4, -0.2) is 73.3 Å². The highest BCUT2D eigenvalue weighted by Crippen LogP contribution is 2.04. The minimum absolute atomic E-state index is 0.202. The molecule has 2 saturated heterocycles. The zero-order chi connectivity index (χ0) is 12.8. The minimum atomic E-state index is 0.202. The van der Waals surface area contributed by atoms with Crippen molar-refractivity contribution in [1.82, 2.24) is 14.7 Å². The predicted molar refractivity (Wildman–Crippen MR) is 66.6 cm³/mol. The van der Waals surface area contributed by atoms with Gasteiger partial charge in [0.25, 0.3) is 0 Å². The van der Waals surface area contributed by atoms with Gasteiger partial charge in [-0.15, -0.1) is 0 Å². The molecule has 0 spiro atoms. The van der Waals surface area contributed by atoms with E-state index in [0.29, 0.717) is 5.91 Å². The maximum absolute atomic E-state index is 10.8. The second kappa shape index (κ2) is 6.59. The van der Waals surface area contributed by atoms with E-state index in [9.17, 15) is 9.59 Å². The van der Waals surface area contributed by atoms with Crippen molar-refractivity contribution in [3.8, 4) is 0 Å². The first-order valence-corrected chi connectivity index (χ1v) is 6.18. The maximum atomic E-state index is 10.8. The van der Waals surface area contributed by atoms with E-state index in [4.69, 9.17) is 0 Å². The van der Waals surface area contributed by atoms with Gasteiger partial charge in [0, 0.05) is 53.1 Å². The van der Waals surface area contributed by atoms with Crippen molar-refractivity contribution in [2.24, 2.45) is 0 Å². The average molecular weight is 241 g/mol. The largest absolute Gasteiger partial charge is 0.346 e. The molecule has 2 aliphatic rings. The predicted octanol–water partition coefficient (Wildman–Crippen LogP) is 0.0189. The molecular weight excluding hydrogens is 218 g/mol. The number of likely N-dealkylation sites (N-methyl/N-ethyl adjacent to an activating group) is 1. The van der Waals surface area contributed by atoms with E-state index >= 15 is 0 Å². The summed E-state index contributed by atoms with van der Waals surface area (Å²) >= 11 is 0. The number of carbonyl (C=O) groups is 2. The fraction of sp³-hybridized carbons (Fsp3) is 0.833. The molecule has 2 aliphatic heterocycles. The zero-order valence-corrected chi connectivity index (χ0v) is 11.1. The molecule has 0 saturated carbocycles. The summed E-state index contributed by atoms with van der Waals surface area (Å²) in [5.41, 5.74) is 0. The van der Waals surface area contributed by atoms with Gasteiger partial charge in [0.05, 0.1) is 0 Å². The van der Waals surface area contributed by atoms with Crippen LogP contribution < -0.4 is 0 Å². The Morgan fingerprint density at radius 3 is 1.94 bits per heavy atom. The lowest BCUT2D eigenvalue weighted by Crippen LogP contribution is -2.46. The molecule has 0 radical (unpaired) electrons. The molecule has 17 heavy (non-hydrogen) atoms. The normalized spacial score (nSPS) is 21.2. The third kappa shape index (κ3) is 4.73. The summed E-state index contributed by atoms with van der Waals surface area (Å²) in [6, 6.07) is 0. The number of hydrogen-bond acceptors (Lipinski definition) is 3. The van der Waals surface area contributed by atoms with Crippen molar-refractivity contribution in [1.29, 1.82) is 0 Å². The summed E-state index contributed by atoms with van der Waals surface area (Å²) in [4.78, 5) is 27.2. The molecule has 0 aromatic carbocycles. The summed E-state index contributed by atoms with van der Waals surface area (Å²) in [5, 5.41) is 0. The molecule has 0 bridgehead atoms. The van der Waals surface area contributed by atoms with Gasteiger partial charge in [-0.25, -0.2) is 0 Å². The Kier molecular flexibility index (Phi) is 5.41. The van der Waals surface area contributed by atoms with Crippen LogP contribution in [0.25, 0.3) is 0 Å². The van der Waals surface area contributed by atoms with Gasteiger partial charge in [-0.3, -0.25) is 9.59 Å². The molecule has 0 atom stereocenters. The van der Waals surface area contributed by atoms with Gasteiger partial charge in [0.2, 0.25) is 11.8 Å². The van der Waals surface area contributed by atoms with E-state index in [2.05, 4.69) is 11.9 Å². The second-order valence-electron chi connectivity index (χ2n) is 4.73. The van der Waals surface area contributed by atoms with Crippen molar-refractivity contribution in [2.75, 3.05) is 46.8 Å². The molecule has 5 heteroatoms. The Hall–Kier alpha value is -1.10.